The first-order chi connectivity index (χ1) is 9.70. The zero-order valence-corrected chi connectivity index (χ0v) is 12.8. The van der Waals surface area contributed by atoms with Crippen LogP contribution in [0.25, 0.3) is 0 Å². The van der Waals surface area contributed by atoms with Crippen molar-refractivity contribution >= 4 is 23.2 Å². The summed E-state index contributed by atoms with van der Waals surface area (Å²) in [7, 11) is 0. The second kappa shape index (κ2) is 7.53. The summed E-state index contributed by atoms with van der Waals surface area (Å²) < 4.78 is 5.78. The molecule has 0 unspecified atom stereocenters. The van der Waals surface area contributed by atoms with Gasteiger partial charge in [-0.2, -0.15) is 0 Å². The SMILES string of the molecule is CCNCc1cccc(OCc2c(Cl)cccc2Cl)c1. The Bertz CT molecular complexity index is 552. The molecule has 0 heterocycles. The van der Waals surface area contributed by atoms with Crippen molar-refractivity contribution in [1.29, 1.82) is 0 Å². The Morgan fingerprint density at radius 2 is 1.75 bits per heavy atom. The van der Waals surface area contributed by atoms with Gasteiger partial charge in [-0.15, -0.1) is 0 Å². The van der Waals surface area contributed by atoms with Crippen molar-refractivity contribution in [2.24, 2.45) is 0 Å². The third-order valence-corrected chi connectivity index (χ3v) is 3.63. The summed E-state index contributed by atoms with van der Waals surface area (Å²) in [5.74, 6) is 0.816. The van der Waals surface area contributed by atoms with Crippen LogP contribution in [0, 0.1) is 0 Å². The average molecular weight is 310 g/mol. The highest BCUT2D eigenvalue weighted by Crippen LogP contribution is 2.26. The van der Waals surface area contributed by atoms with Gasteiger partial charge in [-0.25, -0.2) is 0 Å². The standard InChI is InChI=1S/C16H17Cl2NO/c1-2-19-10-12-5-3-6-13(9-12)20-11-14-15(17)7-4-8-16(14)18/h3-9,19H,2,10-11H2,1H3. The summed E-state index contributed by atoms with van der Waals surface area (Å²) in [4.78, 5) is 0. The molecule has 4 heteroatoms. The van der Waals surface area contributed by atoms with E-state index >= 15 is 0 Å². The van der Waals surface area contributed by atoms with Crippen LogP contribution in [0.5, 0.6) is 5.75 Å². The molecule has 0 aliphatic carbocycles. The molecule has 0 radical (unpaired) electrons. The van der Waals surface area contributed by atoms with Crippen molar-refractivity contribution in [2.45, 2.75) is 20.1 Å². The summed E-state index contributed by atoms with van der Waals surface area (Å²) >= 11 is 12.2. The number of benzene rings is 2. The molecule has 0 saturated heterocycles. The first kappa shape index (κ1) is 15.2. The molecule has 0 fully saturated rings. The molecule has 106 valence electrons. The van der Waals surface area contributed by atoms with Crippen molar-refractivity contribution in [3.05, 3.63) is 63.6 Å². The summed E-state index contributed by atoms with van der Waals surface area (Å²) in [6.07, 6.45) is 0. The zero-order valence-electron chi connectivity index (χ0n) is 11.3. The van der Waals surface area contributed by atoms with Crippen LogP contribution in [0.3, 0.4) is 0 Å². The molecule has 2 rings (SSSR count). The van der Waals surface area contributed by atoms with E-state index in [1.807, 2.05) is 36.4 Å². The van der Waals surface area contributed by atoms with Gasteiger partial charge in [0.25, 0.3) is 0 Å². The largest absolute Gasteiger partial charge is 0.489 e. The lowest BCUT2D eigenvalue weighted by Crippen LogP contribution is -2.11. The molecular weight excluding hydrogens is 293 g/mol. The van der Waals surface area contributed by atoms with Crippen molar-refractivity contribution in [3.63, 3.8) is 0 Å². The van der Waals surface area contributed by atoms with Crippen molar-refractivity contribution < 1.29 is 4.74 Å². The molecule has 0 aromatic heterocycles. The fourth-order valence-electron chi connectivity index (χ4n) is 1.84. The third kappa shape index (κ3) is 4.14. The van der Waals surface area contributed by atoms with Crippen LogP contribution in [0.2, 0.25) is 10.0 Å². The Morgan fingerprint density at radius 1 is 1.05 bits per heavy atom. The van der Waals surface area contributed by atoms with E-state index in [4.69, 9.17) is 27.9 Å². The van der Waals surface area contributed by atoms with Crippen LogP contribution >= 0.6 is 23.2 Å². The molecule has 2 aromatic carbocycles. The molecule has 0 aliphatic rings. The lowest BCUT2D eigenvalue weighted by molar-refractivity contribution is 0.306. The summed E-state index contributed by atoms with van der Waals surface area (Å²) in [6, 6.07) is 13.5. The summed E-state index contributed by atoms with van der Waals surface area (Å²) in [5.41, 5.74) is 2.00. The Morgan fingerprint density at radius 3 is 2.45 bits per heavy atom. The van der Waals surface area contributed by atoms with E-state index < -0.39 is 0 Å². The van der Waals surface area contributed by atoms with E-state index in [0.717, 1.165) is 24.4 Å². The van der Waals surface area contributed by atoms with Crippen molar-refractivity contribution in [1.82, 2.24) is 5.32 Å². The van der Waals surface area contributed by atoms with Gasteiger partial charge in [0.2, 0.25) is 0 Å². The molecule has 0 aliphatic heterocycles. The Hall–Kier alpha value is -1.22. The van der Waals surface area contributed by atoms with E-state index in [-0.39, 0.29) is 0 Å². The minimum Gasteiger partial charge on any atom is -0.489 e. The molecule has 0 atom stereocenters. The van der Waals surface area contributed by atoms with Crippen molar-refractivity contribution in [3.8, 4) is 5.75 Å². The predicted octanol–water partition coefficient (Wildman–Crippen LogP) is 4.68. The number of hydrogen-bond acceptors (Lipinski definition) is 2. The molecule has 2 nitrogen and oxygen atoms in total. The Balaban J connectivity index is 2.03. The average Bonchev–Trinajstić information content (AvgIpc) is 2.45. The zero-order chi connectivity index (χ0) is 14.4. The molecule has 1 N–H and O–H groups in total. The number of hydrogen-bond donors (Lipinski definition) is 1. The maximum Gasteiger partial charge on any atom is 0.120 e. The van der Waals surface area contributed by atoms with Crippen LogP contribution in [-0.4, -0.2) is 6.54 Å². The van der Waals surface area contributed by atoms with Crippen LogP contribution in [0.1, 0.15) is 18.1 Å². The minimum atomic E-state index is 0.364. The highest BCUT2D eigenvalue weighted by Gasteiger charge is 2.06. The van der Waals surface area contributed by atoms with Gasteiger partial charge < -0.3 is 10.1 Å². The molecule has 20 heavy (non-hydrogen) atoms. The fourth-order valence-corrected chi connectivity index (χ4v) is 2.35. The molecule has 0 amide bonds. The quantitative estimate of drug-likeness (QED) is 0.836. The second-order valence-electron chi connectivity index (χ2n) is 4.42. The third-order valence-electron chi connectivity index (χ3n) is 2.92. The number of nitrogens with one attached hydrogen (secondary N) is 1. The van der Waals surface area contributed by atoms with Gasteiger partial charge in [-0.3, -0.25) is 0 Å². The van der Waals surface area contributed by atoms with Gasteiger partial charge in [0, 0.05) is 22.2 Å². The van der Waals surface area contributed by atoms with E-state index in [0.29, 0.717) is 16.7 Å². The monoisotopic (exact) mass is 309 g/mol. The van der Waals surface area contributed by atoms with E-state index in [1.54, 1.807) is 0 Å². The van der Waals surface area contributed by atoms with Gasteiger partial charge in [0.15, 0.2) is 0 Å². The van der Waals surface area contributed by atoms with Crippen molar-refractivity contribution in [2.75, 3.05) is 6.54 Å². The first-order valence-corrected chi connectivity index (χ1v) is 7.31. The van der Waals surface area contributed by atoms with Crippen LogP contribution < -0.4 is 10.1 Å². The van der Waals surface area contributed by atoms with E-state index in [9.17, 15) is 0 Å². The molecule has 0 bridgehead atoms. The summed E-state index contributed by atoms with van der Waals surface area (Å²) in [5, 5.41) is 4.54. The maximum atomic E-state index is 6.12. The summed E-state index contributed by atoms with van der Waals surface area (Å²) in [6.45, 7) is 4.23. The smallest absolute Gasteiger partial charge is 0.120 e. The predicted molar refractivity (Wildman–Crippen MR) is 84.6 cm³/mol. The fraction of sp³-hybridized carbons (Fsp3) is 0.250. The first-order valence-electron chi connectivity index (χ1n) is 6.56. The minimum absolute atomic E-state index is 0.364. The van der Waals surface area contributed by atoms with Crippen LogP contribution in [-0.2, 0) is 13.2 Å². The highest BCUT2D eigenvalue weighted by molar-refractivity contribution is 6.35. The van der Waals surface area contributed by atoms with Gasteiger partial charge in [0.05, 0.1) is 0 Å². The Labute approximate surface area is 129 Å². The van der Waals surface area contributed by atoms with Gasteiger partial charge in [0.1, 0.15) is 12.4 Å². The number of rotatable bonds is 6. The topological polar surface area (TPSA) is 21.3 Å². The van der Waals surface area contributed by atoms with E-state index in [2.05, 4.69) is 18.3 Å². The van der Waals surface area contributed by atoms with Gasteiger partial charge in [-0.1, -0.05) is 48.3 Å². The van der Waals surface area contributed by atoms with Crippen LogP contribution in [0.15, 0.2) is 42.5 Å². The molecule has 2 aromatic rings. The maximum absolute atomic E-state index is 6.12. The molecule has 0 saturated carbocycles. The van der Waals surface area contributed by atoms with Crippen LogP contribution in [0.4, 0.5) is 0 Å². The molecule has 0 spiro atoms. The number of halogens is 2. The Kier molecular flexibility index (Phi) is 5.72. The normalized spacial score (nSPS) is 10.6. The van der Waals surface area contributed by atoms with Gasteiger partial charge in [-0.05, 0) is 36.4 Å². The highest BCUT2D eigenvalue weighted by atomic mass is 35.5. The lowest BCUT2D eigenvalue weighted by Gasteiger charge is -2.10. The van der Waals surface area contributed by atoms with E-state index in [1.165, 1.54) is 5.56 Å². The molecular formula is C16H17Cl2NO. The lowest BCUT2D eigenvalue weighted by atomic mass is 10.2. The number of ether oxygens (including phenoxy) is 1. The second-order valence-corrected chi connectivity index (χ2v) is 5.23. The van der Waals surface area contributed by atoms with Gasteiger partial charge >= 0.3 is 0 Å².